The Morgan fingerprint density at radius 3 is 2.93 bits per heavy atom. The number of ether oxygens (including phenoxy) is 1. The fraction of sp³-hybridized carbons (Fsp3) is 0.778. The molecule has 0 aliphatic rings. The minimum atomic E-state index is 0.257. The first-order valence-electron chi connectivity index (χ1n) is 4.86. The summed E-state index contributed by atoms with van der Waals surface area (Å²) in [6.07, 6.45) is 3.00. The van der Waals surface area contributed by atoms with E-state index < -0.39 is 0 Å². The van der Waals surface area contributed by atoms with Crippen LogP contribution in [0.4, 0.5) is 0 Å². The Balaban J connectivity index is 2.29. The average molecular weight is 262 g/mol. The first-order chi connectivity index (χ1) is 6.74. The van der Waals surface area contributed by atoms with Gasteiger partial charge in [0.25, 0.3) is 0 Å². The molecular weight excluding hydrogens is 246 g/mol. The second-order valence-corrected chi connectivity index (χ2v) is 4.51. The van der Waals surface area contributed by atoms with Gasteiger partial charge in [0.05, 0.1) is 23.7 Å². The van der Waals surface area contributed by atoms with Crippen LogP contribution in [0.25, 0.3) is 0 Å². The second-order valence-electron chi connectivity index (χ2n) is 3.13. The molecule has 0 aromatic carbocycles. The Labute approximate surface area is 92.8 Å². The number of hydrogen-bond acceptors (Lipinski definition) is 3. The van der Waals surface area contributed by atoms with Gasteiger partial charge >= 0.3 is 0 Å². The number of rotatable bonds is 6. The van der Waals surface area contributed by atoms with Gasteiger partial charge in [0, 0.05) is 12.8 Å². The monoisotopic (exact) mass is 261 g/mol. The summed E-state index contributed by atoms with van der Waals surface area (Å²) in [5, 5.41) is 8.02. The molecular formula is C9H16BrN3O. The highest BCUT2D eigenvalue weighted by atomic mass is 79.9. The second kappa shape index (κ2) is 6.14. The van der Waals surface area contributed by atoms with Crippen LogP contribution in [0.2, 0.25) is 0 Å². The van der Waals surface area contributed by atoms with Gasteiger partial charge in [-0.2, -0.15) is 0 Å². The van der Waals surface area contributed by atoms with Crippen LogP contribution < -0.4 is 0 Å². The molecule has 5 heteroatoms. The van der Waals surface area contributed by atoms with Crippen molar-refractivity contribution in [1.82, 2.24) is 15.0 Å². The zero-order valence-corrected chi connectivity index (χ0v) is 10.2. The van der Waals surface area contributed by atoms with E-state index >= 15 is 0 Å². The Bertz CT molecular complexity index is 262. The van der Waals surface area contributed by atoms with Crippen molar-refractivity contribution in [3.8, 4) is 0 Å². The van der Waals surface area contributed by atoms with Crippen molar-refractivity contribution >= 4 is 15.9 Å². The van der Waals surface area contributed by atoms with Gasteiger partial charge in [-0.05, 0) is 13.3 Å². The Morgan fingerprint density at radius 1 is 1.57 bits per heavy atom. The number of alkyl halides is 1. The van der Waals surface area contributed by atoms with E-state index in [1.165, 1.54) is 0 Å². The molecule has 1 aromatic heterocycles. The molecule has 0 aliphatic heterocycles. The van der Waals surface area contributed by atoms with Gasteiger partial charge in [0.2, 0.25) is 0 Å². The van der Waals surface area contributed by atoms with E-state index in [0.29, 0.717) is 6.61 Å². The van der Waals surface area contributed by atoms with Gasteiger partial charge in [-0.25, -0.2) is 4.68 Å². The van der Waals surface area contributed by atoms with E-state index in [0.717, 1.165) is 25.3 Å². The van der Waals surface area contributed by atoms with Gasteiger partial charge in [-0.15, -0.1) is 5.10 Å². The predicted octanol–water partition coefficient (Wildman–Crippen LogP) is 2.16. The molecule has 1 rings (SSSR count). The summed E-state index contributed by atoms with van der Waals surface area (Å²) in [7, 11) is 0. The molecule has 80 valence electrons. The molecule has 14 heavy (non-hydrogen) atoms. The maximum atomic E-state index is 5.36. The summed E-state index contributed by atoms with van der Waals surface area (Å²) in [5.41, 5.74) is 0.959. The highest BCUT2D eigenvalue weighted by Gasteiger charge is 2.05. The largest absolute Gasteiger partial charge is 0.380 e. The lowest BCUT2D eigenvalue weighted by molar-refractivity contribution is 0.124. The van der Waals surface area contributed by atoms with Crippen molar-refractivity contribution in [1.29, 1.82) is 0 Å². The van der Waals surface area contributed by atoms with Crippen molar-refractivity contribution in [2.75, 3.05) is 13.2 Å². The molecule has 1 heterocycles. The van der Waals surface area contributed by atoms with Crippen LogP contribution in [0, 0.1) is 0 Å². The fourth-order valence-corrected chi connectivity index (χ4v) is 1.22. The molecule has 0 aliphatic carbocycles. The number of nitrogens with zero attached hydrogens (tertiary/aromatic N) is 3. The van der Waals surface area contributed by atoms with Gasteiger partial charge in [0.1, 0.15) is 0 Å². The molecule has 1 atom stereocenters. The molecule has 0 radical (unpaired) electrons. The standard InChI is InChI=1S/C9H16BrN3O/c1-3-5-14-6-4-13-7-9(8(2)10)11-12-13/h7-8H,3-6H2,1-2H3. The van der Waals surface area contributed by atoms with Gasteiger partial charge in [-0.3, -0.25) is 0 Å². The van der Waals surface area contributed by atoms with E-state index in [1.54, 1.807) is 0 Å². The number of aromatic nitrogens is 3. The lowest BCUT2D eigenvalue weighted by Gasteiger charge is -2.01. The van der Waals surface area contributed by atoms with E-state index in [1.807, 2.05) is 17.8 Å². The van der Waals surface area contributed by atoms with Gasteiger partial charge in [0.15, 0.2) is 0 Å². The van der Waals surface area contributed by atoms with Crippen molar-refractivity contribution in [2.45, 2.75) is 31.6 Å². The maximum absolute atomic E-state index is 5.36. The molecule has 0 fully saturated rings. The van der Waals surface area contributed by atoms with Crippen LogP contribution in [0.5, 0.6) is 0 Å². The molecule has 4 nitrogen and oxygen atoms in total. The van der Waals surface area contributed by atoms with Crippen LogP contribution in [-0.2, 0) is 11.3 Å². The normalized spacial score (nSPS) is 13.1. The molecule has 0 saturated carbocycles. The Hall–Kier alpha value is -0.420. The van der Waals surface area contributed by atoms with Crippen molar-refractivity contribution in [2.24, 2.45) is 0 Å². The van der Waals surface area contributed by atoms with E-state index in [2.05, 4.69) is 33.2 Å². The average Bonchev–Trinajstić information content (AvgIpc) is 2.61. The molecule has 0 saturated heterocycles. The van der Waals surface area contributed by atoms with Crippen LogP contribution in [0.3, 0.4) is 0 Å². The zero-order valence-electron chi connectivity index (χ0n) is 8.61. The van der Waals surface area contributed by atoms with E-state index in [4.69, 9.17) is 4.74 Å². The summed E-state index contributed by atoms with van der Waals surface area (Å²) >= 11 is 3.44. The number of halogens is 1. The molecule has 0 amide bonds. The van der Waals surface area contributed by atoms with Gasteiger partial charge in [-0.1, -0.05) is 28.1 Å². The Kier molecular flexibility index (Phi) is 5.11. The number of hydrogen-bond donors (Lipinski definition) is 0. The lowest BCUT2D eigenvalue weighted by Crippen LogP contribution is -2.07. The fourth-order valence-electron chi connectivity index (χ4n) is 1.01. The minimum absolute atomic E-state index is 0.257. The highest BCUT2D eigenvalue weighted by Crippen LogP contribution is 2.17. The van der Waals surface area contributed by atoms with E-state index in [-0.39, 0.29) is 4.83 Å². The summed E-state index contributed by atoms with van der Waals surface area (Å²) < 4.78 is 7.16. The maximum Gasteiger partial charge on any atom is 0.0960 e. The summed E-state index contributed by atoms with van der Waals surface area (Å²) in [6.45, 7) is 6.42. The van der Waals surface area contributed by atoms with Gasteiger partial charge < -0.3 is 4.74 Å². The molecule has 0 bridgehead atoms. The quantitative estimate of drug-likeness (QED) is 0.582. The van der Waals surface area contributed by atoms with Crippen LogP contribution in [-0.4, -0.2) is 28.2 Å². The minimum Gasteiger partial charge on any atom is -0.380 e. The summed E-state index contributed by atoms with van der Waals surface area (Å²) in [5.74, 6) is 0. The molecule has 0 spiro atoms. The summed E-state index contributed by atoms with van der Waals surface area (Å²) in [4.78, 5) is 0.257. The van der Waals surface area contributed by atoms with Crippen molar-refractivity contribution in [3.63, 3.8) is 0 Å². The third kappa shape index (κ3) is 3.75. The smallest absolute Gasteiger partial charge is 0.0960 e. The van der Waals surface area contributed by atoms with Crippen LogP contribution >= 0.6 is 15.9 Å². The first kappa shape index (κ1) is 11.7. The zero-order chi connectivity index (χ0) is 10.4. The molecule has 1 aromatic rings. The molecule has 1 unspecified atom stereocenters. The summed E-state index contributed by atoms with van der Waals surface area (Å²) in [6, 6.07) is 0. The topological polar surface area (TPSA) is 39.9 Å². The predicted molar refractivity (Wildman–Crippen MR) is 58.5 cm³/mol. The van der Waals surface area contributed by atoms with Crippen molar-refractivity contribution in [3.05, 3.63) is 11.9 Å². The lowest BCUT2D eigenvalue weighted by atomic mass is 10.4. The highest BCUT2D eigenvalue weighted by molar-refractivity contribution is 9.09. The SMILES string of the molecule is CCCOCCn1cc(C(C)Br)nn1. The molecule has 0 N–H and O–H groups in total. The third-order valence-electron chi connectivity index (χ3n) is 1.78. The first-order valence-corrected chi connectivity index (χ1v) is 5.77. The van der Waals surface area contributed by atoms with Crippen LogP contribution in [0.15, 0.2) is 6.20 Å². The Morgan fingerprint density at radius 2 is 2.36 bits per heavy atom. The van der Waals surface area contributed by atoms with Crippen molar-refractivity contribution < 1.29 is 4.74 Å². The van der Waals surface area contributed by atoms with Crippen LogP contribution in [0.1, 0.15) is 30.8 Å². The van der Waals surface area contributed by atoms with E-state index in [9.17, 15) is 0 Å². The third-order valence-corrected chi connectivity index (χ3v) is 2.25.